The first-order valence-electron chi connectivity index (χ1n) is 5.75. The number of nitrogens with one attached hydrogen (secondary N) is 1. The van der Waals surface area contributed by atoms with Crippen molar-refractivity contribution in [2.75, 3.05) is 12.4 Å². The Labute approximate surface area is 129 Å². The van der Waals surface area contributed by atoms with E-state index in [4.69, 9.17) is 16.3 Å². The van der Waals surface area contributed by atoms with Gasteiger partial charge in [0.05, 0.1) is 17.3 Å². The van der Waals surface area contributed by atoms with Gasteiger partial charge in [0, 0.05) is 17.6 Å². The maximum Gasteiger partial charge on any atom is 0.156 e. The lowest BCUT2D eigenvalue weighted by atomic mass is 10.2. The number of phenolic OH excluding ortho intramolecular Hbond substituents is 1. The summed E-state index contributed by atoms with van der Waals surface area (Å²) in [5.41, 5.74) is 1.29. The summed E-state index contributed by atoms with van der Waals surface area (Å²) < 4.78 is 19.2. The van der Waals surface area contributed by atoms with Gasteiger partial charge in [0.2, 0.25) is 0 Å². The Bertz CT molecular complexity index is 617. The van der Waals surface area contributed by atoms with Crippen LogP contribution in [0.15, 0.2) is 34.8 Å². The van der Waals surface area contributed by atoms with Gasteiger partial charge in [-0.15, -0.1) is 0 Å². The van der Waals surface area contributed by atoms with E-state index in [0.29, 0.717) is 28.6 Å². The highest BCUT2D eigenvalue weighted by atomic mass is 79.9. The van der Waals surface area contributed by atoms with E-state index in [9.17, 15) is 9.50 Å². The minimum atomic E-state index is -0.485. The molecular weight excluding hydrogens is 349 g/mol. The molecule has 0 aliphatic rings. The predicted octanol–water partition coefficient (Wildman–Crippen LogP) is 4.57. The number of halogens is 3. The lowest BCUT2D eigenvalue weighted by Crippen LogP contribution is -2.02. The highest BCUT2D eigenvalue weighted by molar-refractivity contribution is 9.10. The van der Waals surface area contributed by atoms with Crippen molar-refractivity contribution in [1.82, 2.24) is 0 Å². The predicted molar refractivity (Wildman–Crippen MR) is 81.1 cm³/mol. The molecule has 0 saturated heterocycles. The molecule has 20 heavy (non-hydrogen) atoms. The van der Waals surface area contributed by atoms with Crippen molar-refractivity contribution in [2.45, 2.75) is 6.54 Å². The lowest BCUT2D eigenvalue weighted by Gasteiger charge is -2.13. The molecule has 0 fully saturated rings. The molecule has 0 amide bonds. The largest absolute Gasteiger partial charge is 0.508 e. The second kappa shape index (κ2) is 6.33. The fraction of sp³-hybridized carbons (Fsp3) is 0.143. The standard InChI is InChI=1S/C14H12BrClFNO2/c1-20-14-12(15)4-9(16)5-13(14)18-7-8-2-10(17)6-11(19)3-8/h2-6,18-19H,7H2,1H3. The quantitative estimate of drug-likeness (QED) is 0.839. The van der Waals surface area contributed by atoms with E-state index >= 15 is 0 Å². The van der Waals surface area contributed by atoms with Gasteiger partial charge >= 0.3 is 0 Å². The molecule has 0 radical (unpaired) electrons. The molecule has 0 aromatic heterocycles. The molecule has 2 rings (SSSR count). The number of anilines is 1. The average molecular weight is 361 g/mol. The number of benzene rings is 2. The third kappa shape index (κ3) is 3.55. The van der Waals surface area contributed by atoms with Gasteiger partial charge in [0.25, 0.3) is 0 Å². The molecule has 0 aliphatic carbocycles. The van der Waals surface area contributed by atoms with Gasteiger partial charge in [-0.3, -0.25) is 0 Å². The summed E-state index contributed by atoms with van der Waals surface area (Å²) in [5.74, 6) is 0.0112. The molecular formula is C14H12BrClFNO2. The highest BCUT2D eigenvalue weighted by Crippen LogP contribution is 2.36. The van der Waals surface area contributed by atoms with Gasteiger partial charge in [-0.25, -0.2) is 4.39 Å². The summed E-state index contributed by atoms with van der Waals surface area (Å²) in [5, 5.41) is 13.0. The molecule has 0 atom stereocenters. The molecule has 0 unspecified atom stereocenters. The summed E-state index contributed by atoms with van der Waals surface area (Å²) in [4.78, 5) is 0. The van der Waals surface area contributed by atoms with Gasteiger partial charge in [-0.2, -0.15) is 0 Å². The van der Waals surface area contributed by atoms with Crippen LogP contribution in [-0.4, -0.2) is 12.2 Å². The Balaban J connectivity index is 2.22. The van der Waals surface area contributed by atoms with Crippen LogP contribution in [0.5, 0.6) is 11.5 Å². The highest BCUT2D eigenvalue weighted by Gasteiger charge is 2.09. The first kappa shape index (κ1) is 14.9. The third-order valence-corrected chi connectivity index (χ3v) is 3.45. The molecule has 0 bridgehead atoms. The van der Waals surface area contributed by atoms with Crippen LogP contribution >= 0.6 is 27.5 Å². The SMILES string of the molecule is COc1c(Br)cc(Cl)cc1NCc1cc(O)cc(F)c1. The van der Waals surface area contributed by atoms with Gasteiger partial charge < -0.3 is 15.2 Å². The molecule has 3 nitrogen and oxygen atoms in total. The molecule has 0 aliphatic heterocycles. The Morgan fingerprint density at radius 1 is 1.30 bits per heavy atom. The van der Waals surface area contributed by atoms with E-state index in [1.165, 1.54) is 12.1 Å². The number of aromatic hydroxyl groups is 1. The monoisotopic (exact) mass is 359 g/mol. The summed E-state index contributed by atoms with van der Waals surface area (Å²) >= 11 is 9.34. The van der Waals surface area contributed by atoms with Crippen LogP contribution in [0.25, 0.3) is 0 Å². The van der Waals surface area contributed by atoms with Crippen molar-refractivity contribution >= 4 is 33.2 Å². The van der Waals surface area contributed by atoms with E-state index < -0.39 is 5.82 Å². The van der Waals surface area contributed by atoms with Gasteiger partial charge in [0.1, 0.15) is 11.6 Å². The summed E-state index contributed by atoms with van der Waals surface area (Å²) in [6, 6.07) is 7.32. The maximum absolute atomic E-state index is 13.2. The van der Waals surface area contributed by atoms with E-state index in [-0.39, 0.29) is 5.75 Å². The van der Waals surface area contributed by atoms with Crippen molar-refractivity contribution in [1.29, 1.82) is 0 Å². The number of hydrogen-bond acceptors (Lipinski definition) is 3. The second-order valence-corrected chi connectivity index (χ2v) is 5.43. The lowest BCUT2D eigenvalue weighted by molar-refractivity contribution is 0.414. The van der Waals surface area contributed by atoms with Crippen LogP contribution in [0.2, 0.25) is 5.02 Å². The van der Waals surface area contributed by atoms with Crippen molar-refractivity contribution < 1.29 is 14.2 Å². The Morgan fingerprint density at radius 3 is 2.70 bits per heavy atom. The van der Waals surface area contributed by atoms with Gasteiger partial charge in [-0.1, -0.05) is 11.6 Å². The normalized spacial score (nSPS) is 10.4. The first-order valence-corrected chi connectivity index (χ1v) is 6.92. The fourth-order valence-electron chi connectivity index (χ4n) is 1.83. The Hall–Kier alpha value is -1.46. The molecule has 2 aromatic carbocycles. The fourth-order valence-corrected chi connectivity index (χ4v) is 2.80. The molecule has 0 spiro atoms. The second-order valence-electron chi connectivity index (χ2n) is 4.14. The van der Waals surface area contributed by atoms with Crippen LogP contribution in [0.4, 0.5) is 10.1 Å². The molecule has 2 aromatic rings. The minimum absolute atomic E-state index is 0.110. The zero-order valence-electron chi connectivity index (χ0n) is 10.6. The van der Waals surface area contributed by atoms with Crippen molar-refractivity contribution in [3.8, 4) is 11.5 Å². The number of ether oxygens (including phenoxy) is 1. The number of rotatable bonds is 4. The Kier molecular flexibility index (Phi) is 4.73. The average Bonchev–Trinajstić information content (AvgIpc) is 2.34. The summed E-state index contributed by atoms with van der Waals surface area (Å²) in [6.45, 7) is 0.328. The molecule has 2 N–H and O–H groups in total. The van der Waals surface area contributed by atoms with Crippen LogP contribution < -0.4 is 10.1 Å². The van der Waals surface area contributed by atoms with Crippen LogP contribution in [0, 0.1) is 5.82 Å². The van der Waals surface area contributed by atoms with Crippen LogP contribution in [0.1, 0.15) is 5.56 Å². The number of methoxy groups -OCH3 is 1. The minimum Gasteiger partial charge on any atom is -0.508 e. The van der Waals surface area contributed by atoms with Crippen LogP contribution in [0.3, 0.4) is 0 Å². The zero-order chi connectivity index (χ0) is 14.7. The molecule has 0 heterocycles. The Morgan fingerprint density at radius 2 is 2.05 bits per heavy atom. The summed E-state index contributed by atoms with van der Waals surface area (Å²) in [7, 11) is 1.55. The van der Waals surface area contributed by atoms with E-state index in [1.54, 1.807) is 19.2 Å². The molecule has 0 saturated carbocycles. The third-order valence-electron chi connectivity index (χ3n) is 2.64. The van der Waals surface area contributed by atoms with Gasteiger partial charge in [0.15, 0.2) is 5.75 Å². The number of phenols is 1. The van der Waals surface area contributed by atoms with E-state index in [0.717, 1.165) is 10.5 Å². The first-order chi connectivity index (χ1) is 9.49. The number of hydrogen-bond donors (Lipinski definition) is 2. The summed E-state index contributed by atoms with van der Waals surface area (Å²) in [6.07, 6.45) is 0. The maximum atomic E-state index is 13.2. The zero-order valence-corrected chi connectivity index (χ0v) is 12.9. The molecule has 106 valence electrons. The smallest absolute Gasteiger partial charge is 0.156 e. The van der Waals surface area contributed by atoms with Crippen molar-refractivity contribution in [3.63, 3.8) is 0 Å². The molecule has 6 heteroatoms. The van der Waals surface area contributed by atoms with E-state index in [2.05, 4.69) is 21.2 Å². The topological polar surface area (TPSA) is 41.5 Å². The van der Waals surface area contributed by atoms with Crippen LogP contribution in [-0.2, 0) is 6.54 Å². The van der Waals surface area contributed by atoms with E-state index in [1.807, 2.05) is 0 Å². The van der Waals surface area contributed by atoms with Gasteiger partial charge in [-0.05, 0) is 45.8 Å². The van der Waals surface area contributed by atoms with Crippen molar-refractivity contribution in [3.05, 3.63) is 51.2 Å². The van der Waals surface area contributed by atoms with Crippen molar-refractivity contribution in [2.24, 2.45) is 0 Å².